The van der Waals surface area contributed by atoms with Crippen LogP contribution < -0.4 is 127 Å². The van der Waals surface area contributed by atoms with E-state index in [0.717, 1.165) is 46.1 Å². The molecule has 2 aliphatic rings. The first-order chi connectivity index (χ1) is 65.1. The van der Waals surface area contributed by atoms with Crippen LogP contribution in [0.4, 0.5) is 34.1 Å². The molecule has 0 radical (unpaired) electrons. The molecule has 8 aromatic carbocycles. The molecular weight excluding hydrogens is 2000 g/mol. The molecule has 0 saturated carbocycles. The van der Waals surface area contributed by atoms with Crippen molar-refractivity contribution in [2.75, 3.05) is 108 Å². The standard InChI is InChI=1S/C32H32N2O7.C29H35N2O9P.C15H15NO5.C8H9NO5.C5H10F3O5PS.CH2O3.CH4.Cs/c1-37-31-28(29-18-33-21-40-29)11-10-25(30(31)39-19-22-6-3-2-4-7-22)16-26(35)15-23-8-5-9-24(14-23)17-34-32(36)41-27-12-13-38-20-27;1-4-39-41(3,34)19-38-27-22(8-9-25(28(27)35-2)26-16-30-18-37-26)14-23(32)13-20-6-5-7-21(12-20)15-31-29(33)40-24-10-11-36-17-24;1-19-13-9-8-12(16(17)18)14(15(13)20-2)21-10-11-6-4-3-5-7-11;1-13-6-4-3-5(9(11)12)7(10)8(6)14-2;1-3-12-14(2,9)4-13-15(10,11)5(6,7)8;2-1-4-3;;/h2-11,14,18,21,27H,12-13,15-17,19-20H2,1H3,(H,34,36);5-9,12,16,18,24H,4,10-11,13-15,17,19H2,1-3H3,(H,31,33);3-9H,10H2,1-2H3;3-4,10H,1-2H3;3-4H2,1-2H3;1,3H;1H4;/q;;;;;;;+1/p-1/t27-;24-,41?;;;;;;/m00....../s1. The number of nitrogens with one attached hydrogen (secondary N) is 2. The Labute approximate surface area is 852 Å². The number of halogens is 3. The van der Waals surface area contributed by atoms with E-state index in [0.29, 0.717) is 115 Å². The summed E-state index contributed by atoms with van der Waals surface area (Å²) >= 11 is 0. The number of hydrogen-bond donors (Lipinski definition) is 3. The molecule has 0 aliphatic carbocycles. The number of nitrogens with zero attached hydrogens (tertiary/aromatic N) is 4. The van der Waals surface area contributed by atoms with Gasteiger partial charge in [-0.25, -0.2) is 19.6 Å². The first-order valence-electron chi connectivity index (χ1n) is 41.0. The quantitative estimate of drug-likeness (QED) is 0.00609. The average Bonchev–Trinajstić information content (AvgIpc) is 1.34. The van der Waals surface area contributed by atoms with Crippen LogP contribution in [0, 0.1) is 20.2 Å². The summed E-state index contributed by atoms with van der Waals surface area (Å²) in [4.78, 5) is 90.2. The number of benzene rings is 8. The normalized spacial score (nSPS) is 13.6. The fourth-order valence-electron chi connectivity index (χ4n) is 12.7. The van der Waals surface area contributed by atoms with Gasteiger partial charge in [0.25, 0.3) is 6.47 Å². The van der Waals surface area contributed by atoms with Crippen molar-refractivity contribution in [1.82, 2.24) is 20.6 Å². The second-order valence-electron chi connectivity index (χ2n) is 28.8. The molecule has 12 rings (SSSR count). The van der Waals surface area contributed by atoms with Crippen LogP contribution in [0.5, 0.6) is 57.5 Å². The zero-order chi connectivity index (χ0) is 99.4. The van der Waals surface area contributed by atoms with Crippen molar-refractivity contribution < 1.29 is 232 Å². The molecular formula is C91H106CsF3N6O34P2S. The molecule has 47 heteroatoms. The number of ether oxygens (including phenoxy) is 13. The van der Waals surface area contributed by atoms with Gasteiger partial charge in [-0.3, -0.25) is 47.9 Å². The number of aromatic nitrogens is 2. The van der Waals surface area contributed by atoms with Crippen molar-refractivity contribution >= 4 is 66.5 Å². The van der Waals surface area contributed by atoms with Gasteiger partial charge in [0.05, 0.1) is 116 Å². The van der Waals surface area contributed by atoms with Crippen LogP contribution in [-0.4, -0.2) is 190 Å². The number of methoxy groups -OCH3 is 6. The largest absolute Gasteiger partial charge is 1.00 e. The smallest absolute Gasteiger partial charge is 0.662 e. The zero-order valence-corrected chi connectivity index (χ0v) is 85.3. The van der Waals surface area contributed by atoms with E-state index in [1.54, 1.807) is 38.6 Å². The molecule has 2 aromatic heterocycles. The van der Waals surface area contributed by atoms with E-state index in [4.69, 9.17) is 85.0 Å². The SMILES string of the molecule is C.CCOP(C)(=O)COS(=O)(=O)C(F)(F)F.CCOP(C)(=O)COc1c(CC(=O)Cc2cccc(CNC(=O)O[C@H]3CCOC3)c2)ccc(-c2cnco2)c1OC.COc1c(-c2cnco2)ccc(CC(=O)Cc2cccc(CNC(=O)O[C@H]3CCOC3)c2)c1OCc1ccccc1.COc1ccc([N+](=O)[O-])c(O)c1OC.COc1ccc([N+](=O)[O-])c(OCc2ccccc2)c1OC.O=CO[O-].[Cs+]. The summed E-state index contributed by atoms with van der Waals surface area (Å²) in [6, 6.07) is 46.7. The molecule has 742 valence electrons. The first-order valence-corrected chi connectivity index (χ1v) is 47.0. The Hall–Kier alpha value is -11.7. The Morgan fingerprint density at radius 3 is 1.30 bits per heavy atom. The molecule has 138 heavy (non-hydrogen) atoms. The third kappa shape index (κ3) is 37.9. The number of ketones is 2. The minimum Gasteiger partial charge on any atom is -0.662 e. The van der Waals surface area contributed by atoms with Gasteiger partial charge in [0.15, 0.2) is 65.2 Å². The van der Waals surface area contributed by atoms with Crippen LogP contribution in [0.15, 0.2) is 192 Å². The van der Waals surface area contributed by atoms with Gasteiger partial charge < -0.3 is 105 Å². The number of nitro groups is 2. The molecule has 40 nitrogen and oxygen atoms in total. The summed E-state index contributed by atoms with van der Waals surface area (Å²) in [7, 11) is -3.61. The Morgan fingerprint density at radius 2 is 0.928 bits per heavy atom. The molecule has 0 bridgehead atoms. The Morgan fingerprint density at radius 1 is 0.529 bits per heavy atom. The molecule has 4 atom stereocenters. The van der Waals surface area contributed by atoms with Crippen LogP contribution in [0.2, 0.25) is 0 Å². The summed E-state index contributed by atoms with van der Waals surface area (Å²) in [5, 5.41) is 44.9. The Kier molecular flexibility index (Phi) is 50.4. The number of aromatic hydroxyl groups is 1. The van der Waals surface area contributed by atoms with Crippen molar-refractivity contribution in [2.24, 2.45) is 0 Å². The van der Waals surface area contributed by atoms with Crippen molar-refractivity contribution in [3.8, 4) is 80.1 Å². The van der Waals surface area contributed by atoms with Gasteiger partial charge in [0.1, 0.15) is 43.3 Å². The van der Waals surface area contributed by atoms with Gasteiger partial charge in [-0.05, 0) is 71.5 Å². The van der Waals surface area contributed by atoms with E-state index < -0.39 is 70.2 Å². The second kappa shape index (κ2) is 59.6. The van der Waals surface area contributed by atoms with Crippen molar-refractivity contribution in [2.45, 2.75) is 104 Å². The molecule has 10 aromatic rings. The fourth-order valence-corrected chi connectivity index (χ4v) is 15.7. The predicted molar refractivity (Wildman–Crippen MR) is 486 cm³/mol. The molecule has 2 aliphatic heterocycles. The third-order valence-corrected chi connectivity index (χ3v) is 22.8. The van der Waals surface area contributed by atoms with E-state index in [2.05, 4.69) is 34.2 Å². The number of rotatable bonds is 41. The number of phenolic OH excluding ortho intramolecular Hbond substituents is 1. The number of phenols is 1. The number of carbonyl (C=O) groups excluding carboxylic acids is 5. The molecule has 2 unspecified atom stereocenters. The maximum atomic E-state index is 13.3. The molecule has 3 N–H and O–H groups in total. The van der Waals surface area contributed by atoms with Gasteiger partial charge in [-0.15, -0.1) is 0 Å². The number of oxazole rings is 2. The first kappa shape index (κ1) is 117. The van der Waals surface area contributed by atoms with Gasteiger partial charge in [-0.2, -0.15) is 21.6 Å². The molecule has 4 heterocycles. The van der Waals surface area contributed by atoms with Crippen molar-refractivity contribution in [1.29, 1.82) is 0 Å². The number of alkyl halides is 3. The maximum absolute atomic E-state index is 13.3. The zero-order valence-electron chi connectivity index (χ0n) is 76.4. The van der Waals surface area contributed by atoms with Crippen LogP contribution >= 0.6 is 14.7 Å². The topological polar surface area (TPSA) is 516 Å². The summed E-state index contributed by atoms with van der Waals surface area (Å²) in [5.41, 5.74) is 1.71. The molecule has 2 saturated heterocycles. The number of nitro benzene ring substituents is 2. The van der Waals surface area contributed by atoms with E-state index in [1.807, 2.05) is 121 Å². The Bertz CT molecular complexity index is 5750. The van der Waals surface area contributed by atoms with Gasteiger partial charge >= 0.3 is 108 Å². The monoisotopic (exact) mass is 2110 g/mol. The summed E-state index contributed by atoms with van der Waals surface area (Å²) in [6.45, 7) is 8.91. The van der Waals surface area contributed by atoms with Gasteiger partial charge in [-0.1, -0.05) is 129 Å². The van der Waals surface area contributed by atoms with Crippen LogP contribution in [0.1, 0.15) is 78.6 Å². The number of amides is 2. The van der Waals surface area contributed by atoms with E-state index in [1.165, 1.54) is 80.1 Å². The minimum atomic E-state index is -5.70. The minimum absolute atomic E-state index is 0. The van der Waals surface area contributed by atoms with Crippen LogP contribution in [0.25, 0.3) is 22.6 Å². The van der Waals surface area contributed by atoms with Crippen molar-refractivity contribution in [3.63, 3.8) is 0 Å². The molecule has 2 fully saturated rings. The summed E-state index contributed by atoms with van der Waals surface area (Å²) in [6.07, 6.45) is 5.06. The Balaban J connectivity index is 0.000000321. The average molecular weight is 2110 g/mol. The van der Waals surface area contributed by atoms with E-state index >= 15 is 0 Å². The van der Waals surface area contributed by atoms with E-state index in [9.17, 15) is 75.2 Å². The predicted octanol–water partition coefficient (Wildman–Crippen LogP) is 12.6. The van der Waals surface area contributed by atoms with Crippen LogP contribution in [-0.2, 0) is 123 Å². The van der Waals surface area contributed by atoms with Crippen LogP contribution in [0.3, 0.4) is 0 Å². The third-order valence-electron chi connectivity index (χ3n) is 18.8. The van der Waals surface area contributed by atoms with Crippen molar-refractivity contribution in [3.05, 3.63) is 248 Å². The number of alkyl carbamates (subject to hydrolysis) is 2. The number of hydrogen-bond acceptors (Lipinski definition) is 36. The molecule has 2 amide bonds. The number of Topliss-reactive ketones (excluding diaryl/α,β-unsaturated/α-hetero) is 2. The fraction of sp³-hybridized carbons (Fsp3) is 0.352. The summed E-state index contributed by atoms with van der Waals surface area (Å²) < 4.78 is 175. The summed E-state index contributed by atoms with van der Waals surface area (Å²) in [5.74, 6) is 2.86. The second-order valence-corrected chi connectivity index (χ2v) is 35.5. The number of carbonyl (C=O) groups is 5. The maximum Gasteiger partial charge on any atom is 1.00 e. The molecule has 0 spiro atoms. The van der Waals surface area contributed by atoms with E-state index in [-0.39, 0.29) is 194 Å². The van der Waals surface area contributed by atoms with Gasteiger partial charge in [0.2, 0.25) is 37.7 Å². The van der Waals surface area contributed by atoms with Gasteiger partial charge in [0, 0.05) is 88.2 Å².